The van der Waals surface area contributed by atoms with E-state index in [-0.39, 0.29) is 34.5 Å². The van der Waals surface area contributed by atoms with Crippen molar-refractivity contribution < 1.29 is 22.5 Å². The number of benzene rings is 12. The average molecular weight is 915 g/mol. The molecule has 0 heterocycles. The van der Waals surface area contributed by atoms with E-state index in [0.717, 1.165) is 77.2 Å². The number of hydrogen-bond acceptors (Lipinski definition) is 2. The third-order valence-corrected chi connectivity index (χ3v) is 13.1. The van der Waals surface area contributed by atoms with Gasteiger partial charge in [-0.05, 0) is 139 Å². The Bertz CT molecular complexity index is 4350. The van der Waals surface area contributed by atoms with Crippen LogP contribution in [0.4, 0.5) is 42.9 Å². The molecule has 0 aliphatic carbocycles. The highest BCUT2D eigenvalue weighted by atomic mass is 19.3. The highest BCUT2D eigenvalue weighted by molar-refractivity contribution is 6.28. The molecule has 12 aromatic carbocycles. The number of halogens is 2. The van der Waals surface area contributed by atoms with Gasteiger partial charge in [-0.1, -0.05) is 194 Å². The molecule has 70 heavy (non-hydrogen) atoms. The molecule has 0 aromatic heterocycles. The third-order valence-electron chi connectivity index (χ3n) is 13.1. The predicted octanol–water partition coefficient (Wildman–Crippen LogP) is 19.4. The second kappa shape index (κ2) is 18.0. The fraction of sp³-hybridized carbons (Fsp3) is 0.0303. The Hall–Kier alpha value is -8.86. The largest absolute Gasteiger partial charge is 0.310 e. The number of hydrogen-bond donors (Lipinski definition) is 0. The van der Waals surface area contributed by atoms with Crippen molar-refractivity contribution in [2.75, 3.05) is 9.80 Å². The van der Waals surface area contributed by atoms with Crippen molar-refractivity contribution in [1.82, 2.24) is 0 Å². The van der Waals surface area contributed by atoms with Gasteiger partial charge in [0, 0.05) is 33.4 Å². The van der Waals surface area contributed by atoms with Gasteiger partial charge in [0.05, 0.1) is 30.8 Å². The standard InChI is InChI=1S/C66H46F2N2/c1-44-42-53(47-18-10-4-11-19-47)30-38-60(44)69(55-32-22-49(23-33-55)45-14-6-2-7-15-45)61-39-28-51-27-37-58-62(40-29-52-26-36-57(61)64(51)65(52)58)70(56-34-24-50(25-35-56)46-16-8-3-9-17-46)63-41-31-54(43-59(63)66(67)68)48-20-12-5-13-21-48/h2-43,66H,1H3/i4D,5D,10D,11D,12D,13D,18D,19D,20D,21D. The summed E-state index contributed by atoms with van der Waals surface area (Å²) in [6, 6.07) is 57.3. The summed E-state index contributed by atoms with van der Waals surface area (Å²) in [5.74, 6) is 0. The summed E-state index contributed by atoms with van der Waals surface area (Å²) in [4.78, 5) is 3.96. The minimum atomic E-state index is -3.05. The summed E-state index contributed by atoms with van der Waals surface area (Å²) < 4.78 is 117. The maximum atomic E-state index is 15.9. The van der Waals surface area contributed by atoms with Gasteiger partial charge in [0.2, 0.25) is 0 Å². The van der Waals surface area contributed by atoms with Crippen LogP contribution in [0, 0.1) is 6.92 Å². The van der Waals surface area contributed by atoms with E-state index in [0.29, 0.717) is 16.9 Å². The molecule has 12 aromatic rings. The molecule has 0 spiro atoms. The normalized spacial score (nSPS) is 13.5. The van der Waals surface area contributed by atoms with Gasteiger partial charge in [0.15, 0.2) is 0 Å². The van der Waals surface area contributed by atoms with Gasteiger partial charge in [-0.2, -0.15) is 0 Å². The van der Waals surface area contributed by atoms with E-state index in [1.807, 2.05) is 116 Å². The molecule has 0 atom stereocenters. The molecule has 0 aliphatic heterocycles. The van der Waals surface area contributed by atoms with Crippen molar-refractivity contribution in [2.45, 2.75) is 13.3 Å². The maximum absolute atomic E-state index is 15.9. The number of alkyl halides is 2. The second-order valence-electron chi connectivity index (χ2n) is 17.2. The zero-order valence-electron chi connectivity index (χ0n) is 47.7. The van der Waals surface area contributed by atoms with Crippen molar-refractivity contribution in [3.05, 3.63) is 266 Å². The Kier molecular flexibility index (Phi) is 8.42. The summed E-state index contributed by atoms with van der Waals surface area (Å²) in [5, 5.41) is 5.28. The second-order valence-corrected chi connectivity index (χ2v) is 17.2. The van der Waals surface area contributed by atoms with Crippen molar-refractivity contribution in [2.24, 2.45) is 0 Å². The summed E-state index contributed by atoms with van der Waals surface area (Å²) in [5.41, 5.74) is 8.51. The van der Waals surface area contributed by atoms with Crippen LogP contribution in [0.2, 0.25) is 0 Å². The SMILES string of the molecule is [2H]c1c([2H])c([2H])c(-c2ccc(N(c3ccc(-c4ccccc4)cc3)c3ccc4ccc5c(N(c6ccc(-c7ccccc7)cc6)c6ccc(-c7c([2H])c([2H])c([2H])c([2H])c7[2H])cc6C(F)F)ccc6ccc3c4c65)c(C)c2)c([2H])c1[2H]. The van der Waals surface area contributed by atoms with Crippen molar-refractivity contribution in [3.63, 3.8) is 0 Å². The van der Waals surface area contributed by atoms with Gasteiger partial charge in [0.1, 0.15) is 0 Å². The van der Waals surface area contributed by atoms with Crippen molar-refractivity contribution in [1.29, 1.82) is 0 Å². The number of rotatable bonds is 11. The van der Waals surface area contributed by atoms with E-state index >= 15 is 8.78 Å². The highest BCUT2D eigenvalue weighted by Gasteiger charge is 2.26. The molecule has 0 saturated carbocycles. The average Bonchev–Trinajstić information content (AvgIpc) is 3.42. The Labute approximate surface area is 421 Å². The molecule has 4 heteroatoms. The Balaban J connectivity index is 1.07. The van der Waals surface area contributed by atoms with E-state index in [1.165, 1.54) is 18.2 Å². The summed E-state index contributed by atoms with van der Waals surface area (Å²) in [7, 11) is 0. The third kappa shape index (κ3) is 7.70. The van der Waals surface area contributed by atoms with Crippen LogP contribution in [-0.2, 0) is 0 Å². The molecular weight excluding hydrogens is 859 g/mol. The fourth-order valence-corrected chi connectivity index (χ4v) is 9.78. The monoisotopic (exact) mass is 914 g/mol. The molecule has 0 aliphatic rings. The minimum Gasteiger partial charge on any atom is -0.310 e. The first-order chi connectivity index (χ1) is 38.6. The molecule has 0 bridgehead atoms. The number of nitrogens with zero attached hydrogens (tertiary/aromatic N) is 2. The van der Waals surface area contributed by atoms with Gasteiger partial charge in [-0.15, -0.1) is 0 Å². The molecule has 0 amide bonds. The first kappa shape index (κ1) is 32.8. The maximum Gasteiger partial charge on any atom is 0.265 e. The molecule has 0 unspecified atom stereocenters. The van der Waals surface area contributed by atoms with Crippen molar-refractivity contribution in [3.8, 4) is 44.5 Å². The summed E-state index contributed by atoms with van der Waals surface area (Å²) >= 11 is 0. The molecule has 2 nitrogen and oxygen atoms in total. The number of anilines is 6. The summed E-state index contributed by atoms with van der Waals surface area (Å²) in [6.45, 7) is 1.94. The highest BCUT2D eigenvalue weighted by Crippen LogP contribution is 2.50. The lowest BCUT2D eigenvalue weighted by Gasteiger charge is -2.31. The smallest absolute Gasteiger partial charge is 0.265 e. The van der Waals surface area contributed by atoms with Crippen LogP contribution in [0.15, 0.2) is 255 Å². The lowest BCUT2D eigenvalue weighted by Crippen LogP contribution is -2.13. The van der Waals surface area contributed by atoms with Crippen LogP contribution < -0.4 is 9.80 Å². The summed E-state index contributed by atoms with van der Waals surface area (Å²) in [6.07, 6.45) is -3.05. The van der Waals surface area contributed by atoms with Crippen LogP contribution >= 0.6 is 0 Å². The van der Waals surface area contributed by atoms with Gasteiger partial charge < -0.3 is 9.80 Å². The van der Waals surface area contributed by atoms with E-state index < -0.39 is 60.3 Å². The lowest BCUT2D eigenvalue weighted by atomic mass is 9.91. The first-order valence-electron chi connectivity index (χ1n) is 27.9. The molecule has 0 saturated heterocycles. The molecule has 334 valence electrons. The Morgan fingerprint density at radius 2 is 0.743 bits per heavy atom. The van der Waals surface area contributed by atoms with Gasteiger partial charge >= 0.3 is 0 Å². The van der Waals surface area contributed by atoms with E-state index in [9.17, 15) is 0 Å². The number of aryl methyl sites for hydroxylation is 1. The lowest BCUT2D eigenvalue weighted by molar-refractivity contribution is 0.152. The molecule has 0 fully saturated rings. The van der Waals surface area contributed by atoms with E-state index in [2.05, 4.69) is 65.6 Å². The quantitative estimate of drug-likeness (QED) is 0.119. The first-order valence-corrected chi connectivity index (χ1v) is 22.9. The van der Waals surface area contributed by atoms with Crippen LogP contribution in [0.25, 0.3) is 76.8 Å². The van der Waals surface area contributed by atoms with E-state index in [1.54, 1.807) is 11.0 Å². The van der Waals surface area contributed by atoms with Crippen molar-refractivity contribution >= 4 is 66.4 Å². The Morgan fingerprint density at radius 1 is 0.357 bits per heavy atom. The zero-order valence-corrected chi connectivity index (χ0v) is 37.7. The molecule has 0 N–H and O–H groups in total. The predicted molar refractivity (Wildman–Crippen MR) is 291 cm³/mol. The minimum absolute atomic E-state index is 0.0570. The fourth-order valence-electron chi connectivity index (χ4n) is 9.78. The molecular formula is C66H46F2N2. The van der Waals surface area contributed by atoms with Crippen LogP contribution in [0.3, 0.4) is 0 Å². The van der Waals surface area contributed by atoms with Crippen LogP contribution in [0.5, 0.6) is 0 Å². The zero-order chi connectivity index (χ0) is 55.8. The van der Waals surface area contributed by atoms with E-state index in [4.69, 9.17) is 13.7 Å². The van der Waals surface area contributed by atoms with Gasteiger partial charge in [0.25, 0.3) is 6.43 Å². The van der Waals surface area contributed by atoms with Crippen LogP contribution in [0.1, 0.15) is 31.3 Å². The van der Waals surface area contributed by atoms with Gasteiger partial charge in [-0.3, -0.25) is 0 Å². The van der Waals surface area contributed by atoms with Gasteiger partial charge in [-0.25, -0.2) is 8.78 Å². The molecule has 0 radical (unpaired) electrons. The molecule has 12 rings (SSSR count). The topological polar surface area (TPSA) is 6.48 Å². The van der Waals surface area contributed by atoms with Crippen LogP contribution in [-0.4, -0.2) is 0 Å². The Morgan fingerprint density at radius 3 is 1.20 bits per heavy atom.